The van der Waals surface area contributed by atoms with Gasteiger partial charge < -0.3 is 24.1 Å². The van der Waals surface area contributed by atoms with Crippen LogP contribution in [0.4, 0.5) is 5.95 Å². The van der Waals surface area contributed by atoms with E-state index >= 15 is 0 Å². The van der Waals surface area contributed by atoms with Gasteiger partial charge in [-0.2, -0.15) is 0 Å². The molecule has 0 amide bonds. The van der Waals surface area contributed by atoms with E-state index in [4.69, 9.17) is 14.2 Å². The highest BCUT2D eigenvalue weighted by atomic mass is 16.6. The van der Waals surface area contributed by atoms with Crippen molar-refractivity contribution < 1.29 is 14.2 Å². The van der Waals surface area contributed by atoms with Crippen molar-refractivity contribution >= 4 is 17.0 Å². The normalized spacial score (nSPS) is 18.8. The van der Waals surface area contributed by atoms with Gasteiger partial charge in [0.25, 0.3) is 0 Å². The smallest absolute Gasteiger partial charge is 0.203 e. The summed E-state index contributed by atoms with van der Waals surface area (Å²) in [5.74, 6) is 2.45. The molecule has 2 aliphatic rings. The summed E-state index contributed by atoms with van der Waals surface area (Å²) in [4.78, 5) is 10.2. The number of ether oxygens (including phenoxy) is 3. The zero-order valence-corrected chi connectivity index (χ0v) is 10.5. The number of imidazole rings is 1. The van der Waals surface area contributed by atoms with E-state index in [-0.39, 0.29) is 0 Å². The maximum Gasteiger partial charge on any atom is 0.203 e. The Morgan fingerprint density at radius 2 is 1.74 bits per heavy atom. The third kappa shape index (κ3) is 1.88. The first-order valence-corrected chi connectivity index (χ1v) is 6.52. The van der Waals surface area contributed by atoms with Crippen molar-refractivity contribution in [2.45, 2.75) is 0 Å². The van der Waals surface area contributed by atoms with Crippen LogP contribution in [0.1, 0.15) is 0 Å². The van der Waals surface area contributed by atoms with E-state index in [0.29, 0.717) is 13.2 Å². The minimum absolute atomic E-state index is 0.596. The van der Waals surface area contributed by atoms with Gasteiger partial charge >= 0.3 is 0 Å². The zero-order valence-electron chi connectivity index (χ0n) is 10.5. The number of aromatic nitrogens is 2. The molecule has 1 fully saturated rings. The Morgan fingerprint density at radius 1 is 1.00 bits per heavy atom. The Labute approximate surface area is 110 Å². The molecule has 6 heteroatoms. The Morgan fingerprint density at radius 3 is 2.53 bits per heavy atom. The predicted molar refractivity (Wildman–Crippen MR) is 70.1 cm³/mol. The second-order valence-electron chi connectivity index (χ2n) is 4.67. The highest BCUT2D eigenvalue weighted by Crippen LogP contribution is 2.34. The fourth-order valence-electron chi connectivity index (χ4n) is 2.46. The van der Waals surface area contributed by atoms with E-state index in [9.17, 15) is 0 Å². The molecule has 0 bridgehead atoms. The first-order valence-electron chi connectivity index (χ1n) is 6.52. The lowest BCUT2D eigenvalue weighted by Gasteiger charge is -2.26. The van der Waals surface area contributed by atoms with Gasteiger partial charge in [-0.3, -0.25) is 0 Å². The van der Waals surface area contributed by atoms with Gasteiger partial charge in [-0.25, -0.2) is 4.98 Å². The van der Waals surface area contributed by atoms with Gasteiger partial charge in [0.1, 0.15) is 13.2 Å². The van der Waals surface area contributed by atoms with Crippen LogP contribution in [0.3, 0.4) is 0 Å². The lowest BCUT2D eigenvalue weighted by Crippen LogP contribution is -2.36. The summed E-state index contributed by atoms with van der Waals surface area (Å²) in [6.07, 6.45) is 0. The first kappa shape index (κ1) is 10.9. The number of hydrogen-bond acceptors (Lipinski definition) is 5. The number of hydrogen-bond donors (Lipinski definition) is 1. The molecule has 100 valence electrons. The van der Waals surface area contributed by atoms with E-state index in [1.807, 2.05) is 12.1 Å². The summed E-state index contributed by atoms with van der Waals surface area (Å²) in [6, 6.07) is 3.89. The topological polar surface area (TPSA) is 59.6 Å². The molecule has 6 nitrogen and oxygen atoms in total. The minimum Gasteiger partial charge on any atom is -0.486 e. The molecular formula is C13H15N3O3. The van der Waals surface area contributed by atoms with Gasteiger partial charge in [-0.05, 0) is 0 Å². The molecule has 2 aliphatic heterocycles. The van der Waals surface area contributed by atoms with E-state index in [1.54, 1.807) is 0 Å². The highest BCUT2D eigenvalue weighted by molar-refractivity contribution is 5.82. The molecule has 2 aromatic rings. The Hall–Kier alpha value is -1.95. The molecule has 1 aromatic heterocycles. The number of anilines is 1. The number of nitrogens with one attached hydrogen (secondary N) is 1. The third-order valence-electron chi connectivity index (χ3n) is 3.44. The van der Waals surface area contributed by atoms with Crippen LogP contribution in [-0.4, -0.2) is 49.5 Å². The lowest BCUT2D eigenvalue weighted by molar-refractivity contribution is 0.122. The van der Waals surface area contributed by atoms with E-state index in [2.05, 4.69) is 14.9 Å². The summed E-state index contributed by atoms with van der Waals surface area (Å²) in [6.45, 7) is 4.43. The number of nitrogens with zero attached hydrogens (tertiary/aromatic N) is 2. The largest absolute Gasteiger partial charge is 0.486 e. The van der Waals surface area contributed by atoms with Crippen LogP contribution in [-0.2, 0) is 4.74 Å². The molecule has 0 radical (unpaired) electrons. The average molecular weight is 261 g/mol. The van der Waals surface area contributed by atoms with E-state index in [0.717, 1.165) is 54.8 Å². The van der Waals surface area contributed by atoms with Crippen LogP contribution < -0.4 is 14.4 Å². The van der Waals surface area contributed by atoms with Crippen LogP contribution in [0.2, 0.25) is 0 Å². The molecule has 0 saturated carbocycles. The maximum atomic E-state index is 5.58. The SMILES string of the molecule is c1c2c(cc3[nH]c(N4CCOCC4)nc13)OCCO2. The number of H-pyrrole nitrogens is 1. The van der Waals surface area contributed by atoms with E-state index in [1.165, 1.54) is 0 Å². The van der Waals surface area contributed by atoms with Crippen molar-refractivity contribution in [1.29, 1.82) is 0 Å². The molecule has 4 rings (SSSR count). The van der Waals surface area contributed by atoms with Crippen molar-refractivity contribution in [3.8, 4) is 11.5 Å². The Kier molecular flexibility index (Phi) is 2.48. The number of rotatable bonds is 1. The van der Waals surface area contributed by atoms with Crippen molar-refractivity contribution in [2.24, 2.45) is 0 Å². The van der Waals surface area contributed by atoms with Gasteiger partial charge in [0.15, 0.2) is 11.5 Å². The number of aromatic amines is 1. The van der Waals surface area contributed by atoms with Crippen LogP contribution in [0.15, 0.2) is 12.1 Å². The zero-order chi connectivity index (χ0) is 12.7. The lowest BCUT2D eigenvalue weighted by atomic mass is 10.2. The molecule has 19 heavy (non-hydrogen) atoms. The van der Waals surface area contributed by atoms with Gasteiger partial charge in [0.2, 0.25) is 5.95 Å². The standard InChI is InChI=1S/C13H15N3O3/c1-3-17-4-2-16(1)13-14-9-7-11-12(8-10(9)15-13)19-6-5-18-11/h7-8H,1-6H2,(H,14,15). The van der Waals surface area contributed by atoms with Crippen molar-refractivity contribution in [2.75, 3.05) is 44.4 Å². The van der Waals surface area contributed by atoms with Gasteiger partial charge in [-0.1, -0.05) is 0 Å². The maximum absolute atomic E-state index is 5.58. The summed E-state index contributed by atoms with van der Waals surface area (Å²) in [5.41, 5.74) is 1.89. The predicted octanol–water partition coefficient (Wildman–Crippen LogP) is 1.17. The van der Waals surface area contributed by atoms with Crippen molar-refractivity contribution in [3.05, 3.63) is 12.1 Å². The summed E-state index contributed by atoms with van der Waals surface area (Å²) < 4.78 is 16.5. The summed E-state index contributed by atoms with van der Waals surface area (Å²) in [5, 5.41) is 0. The molecular weight excluding hydrogens is 246 g/mol. The molecule has 0 aliphatic carbocycles. The molecule has 3 heterocycles. The quantitative estimate of drug-likeness (QED) is 0.835. The Balaban J connectivity index is 1.73. The second kappa shape index (κ2) is 4.31. The van der Waals surface area contributed by atoms with Gasteiger partial charge in [-0.15, -0.1) is 0 Å². The molecule has 0 atom stereocenters. The molecule has 0 spiro atoms. The minimum atomic E-state index is 0.596. The van der Waals surface area contributed by atoms with Crippen molar-refractivity contribution in [1.82, 2.24) is 9.97 Å². The first-order chi connectivity index (χ1) is 9.40. The monoisotopic (exact) mass is 261 g/mol. The summed E-state index contributed by atoms with van der Waals surface area (Å²) in [7, 11) is 0. The van der Waals surface area contributed by atoms with Crippen LogP contribution in [0.25, 0.3) is 11.0 Å². The second-order valence-corrected chi connectivity index (χ2v) is 4.67. The Bertz CT molecular complexity index is 561. The summed E-state index contributed by atoms with van der Waals surface area (Å²) >= 11 is 0. The molecule has 1 aromatic carbocycles. The molecule has 1 saturated heterocycles. The number of morpholine rings is 1. The number of fused-ring (bicyclic) bond motifs is 2. The van der Waals surface area contributed by atoms with Gasteiger partial charge in [0.05, 0.1) is 24.2 Å². The fourth-order valence-corrected chi connectivity index (χ4v) is 2.46. The van der Waals surface area contributed by atoms with Crippen molar-refractivity contribution in [3.63, 3.8) is 0 Å². The van der Waals surface area contributed by atoms with Crippen LogP contribution in [0, 0.1) is 0 Å². The molecule has 1 N–H and O–H groups in total. The van der Waals surface area contributed by atoms with Crippen LogP contribution in [0.5, 0.6) is 11.5 Å². The third-order valence-corrected chi connectivity index (χ3v) is 3.44. The van der Waals surface area contributed by atoms with Gasteiger partial charge in [0, 0.05) is 25.2 Å². The fraction of sp³-hybridized carbons (Fsp3) is 0.462. The van der Waals surface area contributed by atoms with E-state index < -0.39 is 0 Å². The van der Waals surface area contributed by atoms with Crippen LogP contribution >= 0.6 is 0 Å². The average Bonchev–Trinajstić information content (AvgIpc) is 2.88. The highest BCUT2D eigenvalue weighted by Gasteiger charge is 2.18. The molecule has 0 unspecified atom stereocenters. The number of benzene rings is 1.